The topological polar surface area (TPSA) is 167 Å². The Kier molecular flexibility index (Phi) is 8.14. The highest BCUT2D eigenvalue weighted by Gasteiger charge is 2.35. The summed E-state index contributed by atoms with van der Waals surface area (Å²) in [5, 5.41) is 15.5. The number of aliphatic hydroxyl groups is 1. The molecule has 2 aromatic heterocycles. The van der Waals surface area contributed by atoms with Crippen LogP contribution in [0.5, 0.6) is 0 Å². The normalized spacial score (nSPS) is 20.3. The lowest BCUT2D eigenvalue weighted by molar-refractivity contribution is 0.100. The van der Waals surface area contributed by atoms with Crippen LogP contribution in [0.1, 0.15) is 38.6 Å². The van der Waals surface area contributed by atoms with Crippen LogP contribution in [0.25, 0.3) is 0 Å². The number of thiophene rings is 1. The first-order valence-corrected chi connectivity index (χ1v) is 15.3. The number of sulfone groups is 1. The summed E-state index contributed by atoms with van der Waals surface area (Å²) in [5.41, 5.74) is 0.685. The molecule has 198 valence electrons. The number of benzene rings is 1. The third-order valence-corrected chi connectivity index (χ3v) is 9.97. The van der Waals surface area contributed by atoms with Gasteiger partial charge in [0, 0.05) is 22.0 Å². The molecular weight excluding hydrogens is 562 g/mol. The van der Waals surface area contributed by atoms with E-state index in [0.29, 0.717) is 29.8 Å². The summed E-state index contributed by atoms with van der Waals surface area (Å²) in [4.78, 5) is 22.4. The zero-order chi connectivity index (χ0) is 27.0. The molecule has 3 aromatic rings. The SMILES string of the molecule is Cc1sc(C(=O)c2cncnc2C[C@@H]2C[C@H](COS(N)(=O)=O)[C@@H](O)C2)cc1S(=O)(=O)c1cccc(Cl)c1. The number of carbonyl (C=O) groups is 1. The Morgan fingerprint density at radius 2 is 2.00 bits per heavy atom. The average Bonchev–Trinajstić information content (AvgIpc) is 3.39. The number of halogens is 1. The van der Waals surface area contributed by atoms with Crippen molar-refractivity contribution in [2.24, 2.45) is 17.0 Å². The van der Waals surface area contributed by atoms with Gasteiger partial charge in [0.2, 0.25) is 15.6 Å². The molecular formula is C23H24ClN3O7S3. The van der Waals surface area contributed by atoms with Crippen LogP contribution in [-0.2, 0) is 30.7 Å². The summed E-state index contributed by atoms with van der Waals surface area (Å²) >= 11 is 7.03. The van der Waals surface area contributed by atoms with Gasteiger partial charge in [0.1, 0.15) is 6.33 Å². The molecule has 14 heteroatoms. The maximum Gasteiger partial charge on any atom is 0.333 e. The van der Waals surface area contributed by atoms with Crippen LogP contribution >= 0.6 is 22.9 Å². The van der Waals surface area contributed by atoms with E-state index in [9.17, 15) is 26.7 Å². The summed E-state index contributed by atoms with van der Waals surface area (Å²) in [7, 11) is -8.01. The number of rotatable bonds is 9. The Morgan fingerprint density at radius 3 is 2.70 bits per heavy atom. The molecule has 1 aliphatic carbocycles. The van der Waals surface area contributed by atoms with Crippen molar-refractivity contribution in [3.8, 4) is 0 Å². The molecule has 0 unspecified atom stereocenters. The first-order chi connectivity index (χ1) is 17.3. The summed E-state index contributed by atoms with van der Waals surface area (Å²) in [6, 6.07) is 7.28. The maximum atomic E-state index is 13.4. The first kappa shape index (κ1) is 27.8. The number of hydrogen-bond donors (Lipinski definition) is 2. The molecule has 0 spiro atoms. The molecule has 4 rings (SSSR count). The summed E-state index contributed by atoms with van der Waals surface area (Å²) in [6.07, 6.45) is 3.08. The number of aryl methyl sites for hydroxylation is 1. The highest BCUT2D eigenvalue weighted by Crippen LogP contribution is 2.36. The monoisotopic (exact) mass is 585 g/mol. The van der Waals surface area contributed by atoms with Crippen molar-refractivity contribution in [3.63, 3.8) is 0 Å². The fraction of sp³-hybridized carbons (Fsp3) is 0.348. The molecule has 1 saturated carbocycles. The largest absolute Gasteiger partial charge is 0.393 e. The van der Waals surface area contributed by atoms with E-state index in [1.807, 2.05) is 0 Å². The van der Waals surface area contributed by atoms with Crippen molar-refractivity contribution in [2.75, 3.05) is 6.61 Å². The van der Waals surface area contributed by atoms with Crippen LogP contribution in [-0.4, -0.2) is 50.4 Å². The predicted octanol–water partition coefficient (Wildman–Crippen LogP) is 2.71. The number of nitrogens with zero attached hydrogens (tertiary/aromatic N) is 2. The molecule has 0 amide bonds. The summed E-state index contributed by atoms with van der Waals surface area (Å²) < 4.78 is 53.2. The third-order valence-electron chi connectivity index (χ3n) is 6.21. The van der Waals surface area contributed by atoms with Gasteiger partial charge in [-0.05, 0) is 56.4 Å². The van der Waals surface area contributed by atoms with E-state index in [0.717, 1.165) is 11.3 Å². The second-order valence-electron chi connectivity index (χ2n) is 8.85. The zero-order valence-corrected chi connectivity index (χ0v) is 22.8. The molecule has 1 aromatic carbocycles. The Hall–Kier alpha value is -2.26. The van der Waals surface area contributed by atoms with Crippen LogP contribution in [0.2, 0.25) is 5.02 Å². The lowest BCUT2D eigenvalue weighted by Gasteiger charge is -2.13. The fourth-order valence-corrected chi connectivity index (χ4v) is 7.92. The van der Waals surface area contributed by atoms with Crippen LogP contribution in [0, 0.1) is 18.8 Å². The van der Waals surface area contributed by atoms with Crippen molar-refractivity contribution in [1.29, 1.82) is 0 Å². The quantitative estimate of drug-likeness (QED) is 0.359. The van der Waals surface area contributed by atoms with E-state index < -0.39 is 37.9 Å². The van der Waals surface area contributed by atoms with Gasteiger partial charge >= 0.3 is 10.3 Å². The number of aromatic nitrogens is 2. The average molecular weight is 586 g/mol. The first-order valence-electron chi connectivity index (χ1n) is 11.1. The zero-order valence-electron chi connectivity index (χ0n) is 19.6. The van der Waals surface area contributed by atoms with Gasteiger partial charge in [-0.3, -0.25) is 8.98 Å². The van der Waals surface area contributed by atoms with E-state index in [1.54, 1.807) is 19.1 Å². The standard InChI is InChI=1S/C23H24ClN3O7S3/c1-13-22(36(30,31)17-4-2-3-16(24)8-17)9-21(35-13)23(29)18-10-26-12-27-19(18)6-14-5-15(20(28)7-14)11-34-37(25,32)33/h2-4,8-10,12,14-15,20,28H,5-7,11H2,1H3,(H2,25,32,33)/t14-,15+,20-/m0/s1. The van der Waals surface area contributed by atoms with Gasteiger partial charge < -0.3 is 5.11 Å². The molecule has 2 heterocycles. The van der Waals surface area contributed by atoms with Gasteiger partial charge in [0.05, 0.1) is 38.6 Å². The van der Waals surface area contributed by atoms with Gasteiger partial charge in [-0.1, -0.05) is 17.7 Å². The number of nitrogens with two attached hydrogens (primary N) is 1. The summed E-state index contributed by atoms with van der Waals surface area (Å²) in [5.74, 6) is -0.929. The third kappa shape index (κ3) is 6.42. The molecule has 0 aliphatic heterocycles. The van der Waals surface area contributed by atoms with Crippen molar-refractivity contribution >= 4 is 48.9 Å². The molecule has 10 nitrogen and oxygen atoms in total. The van der Waals surface area contributed by atoms with Crippen molar-refractivity contribution < 1.29 is 30.9 Å². The van der Waals surface area contributed by atoms with E-state index in [4.69, 9.17) is 16.7 Å². The Labute approximate surface area is 223 Å². The minimum Gasteiger partial charge on any atom is -0.393 e. The molecule has 0 radical (unpaired) electrons. The summed E-state index contributed by atoms with van der Waals surface area (Å²) in [6.45, 7) is 1.40. The Balaban J connectivity index is 1.55. The highest BCUT2D eigenvalue weighted by atomic mass is 35.5. The number of aliphatic hydroxyl groups excluding tert-OH is 1. The van der Waals surface area contributed by atoms with Gasteiger partial charge in [-0.2, -0.15) is 8.42 Å². The Bertz CT molecular complexity index is 1540. The molecule has 3 N–H and O–H groups in total. The number of hydrogen-bond acceptors (Lipinski definition) is 10. The fourth-order valence-electron chi connectivity index (χ4n) is 4.46. The smallest absolute Gasteiger partial charge is 0.333 e. The van der Waals surface area contributed by atoms with Crippen molar-refractivity contribution in [2.45, 2.75) is 42.1 Å². The lowest BCUT2D eigenvalue weighted by atomic mass is 9.96. The molecule has 3 atom stereocenters. The number of carbonyl (C=O) groups excluding carboxylic acids is 1. The van der Waals surface area contributed by atoms with Crippen LogP contribution in [0.4, 0.5) is 0 Å². The van der Waals surface area contributed by atoms with Crippen LogP contribution in [0.15, 0.2) is 52.6 Å². The van der Waals surface area contributed by atoms with Crippen molar-refractivity contribution in [1.82, 2.24) is 9.97 Å². The van der Waals surface area contributed by atoms with Crippen molar-refractivity contribution in [3.05, 3.63) is 68.9 Å². The second-order valence-corrected chi connectivity index (χ2v) is 13.7. The van der Waals surface area contributed by atoms with E-state index in [1.165, 1.54) is 30.7 Å². The number of ketones is 1. The minimum atomic E-state index is -4.12. The van der Waals surface area contributed by atoms with Crippen LogP contribution < -0.4 is 5.14 Å². The Morgan fingerprint density at radius 1 is 1.24 bits per heavy atom. The minimum absolute atomic E-state index is 0.0260. The van der Waals surface area contributed by atoms with Gasteiger partial charge in [0.25, 0.3) is 0 Å². The second kappa shape index (κ2) is 10.8. The molecule has 0 bridgehead atoms. The van der Waals surface area contributed by atoms with Gasteiger partial charge in [-0.25, -0.2) is 23.5 Å². The highest BCUT2D eigenvalue weighted by molar-refractivity contribution is 7.91. The van der Waals surface area contributed by atoms with Gasteiger partial charge in [-0.15, -0.1) is 11.3 Å². The molecule has 37 heavy (non-hydrogen) atoms. The van der Waals surface area contributed by atoms with E-state index >= 15 is 0 Å². The molecule has 1 aliphatic rings. The predicted molar refractivity (Wildman–Crippen MR) is 136 cm³/mol. The van der Waals surface area contributed by atoms with E-state index in [2.05, 4.69) is 14.2 Å². The van der Waals surface area contributed by atoms with Gasteiger partial charge in [0.15, 0.2) is 0 Å². The lowest BCUT2D eigenvalue weighted by Crippen LogP contribution is -2.24. The molecule has 1 fully saturated rings. The molecule has 0 saturated heterocycles. The van der Waals surface area contributed by atoms with Crippen LogP contribution in [0.3, 0.4) is 0 Å². The van der Waals surface area contributed by atoms with E-state index in [-0.39, 0.29) is 37.8 Å². The maximum absolute atomic E-state index is 13.4.